The first-order valence-electron chi connectivity index (χ1n) is 11.1. The number of aryl methyl sites for hydroxylation is 1. The number of para-hydroxylation sites is 1. The summed E-state index contributed by atoms with van der Waals surface area (Å²) >= 11 is 0. The molecule has 0 saturated carbocycles. The highest BCUT2D eigenvalue weighted by atomic mass is 16.6. The molecule has 0 unspecified atom stereocenters. The van der Waals surface area contributed by atoms with Crippen LogP contribution in [-0.4, -0.2) is 48.8 Å². The molecule has 1 amide bonds. The predicted octanol–water partition coefficient (Wildman–Crippen LogP) is 4.03. The number of hydrogen-bond acceptors (Lipinski definition) is 4. The summed E-state index contributed by atoms with van der Waals surface area (Å²) in [6, 6.07) is 18.3. The number of rotatable bonds is 7. The summed E-state index contributed by atoms with van der Waals surface area (Å²) in [5.41, 5.74) is 3.04. The van der Waals surface area contributed by atoms with Gasteiger partial charge in [0.1, 0.15) is 0 Å². The molecule has 0 aliphatic carbocycles. The molecule has 1 spiro atoms. The highest BCUT2D eigenvalue weighted by molar-refractivity contribution is 5.93. The largest absolute Gasteiger partial charge is 0.372 e. The average Bonchev–Trinajstić information content (AvgIpc) is 3.24. The minimum absolute atomic E-state index is 0.0234. The van der Waals surface area contributed by atoms with Gasteiger partial charge in [0.05, 0.1) is 24.9 Å². The average molecular weight is 409 g/mol. The molecule has 2 aromatic carbocycles. The third-order valence-electron chi connectivity index (χ3n) is 6.33. The van der Waals surface area contributed by atoms with Gasteiger partial charge in [-0.3, -0.25) is 9.69 Å². The van der Waals surface area contributed by atoms with Crippen LogP contribution < -0.4 is 5.32 Å². The van der Waals surface area contributed by atoms with Crippen molar-refractivity contribution in [1.29, 1.82) is 0 Å². The number of piperidine rings is 1. The predicted molar refractivity (Wildman–Crippen MR) is 118 cm³/mol. The van der Waals surface area contributed by atoms with Crippen LogP contribution in [0.15, 0.2) is 54.6 Å². The Balaban J connectivity index is 1.38. The maximum atomic E-state index is 12.7. The maximum absolute atomic E-state index is 12.7. The van der Waals surface area contributed by atoms with Crippen LogP contribution in [-0.2, 0) is 27.3 Å². The van der Waals surface area contributed by atoms with Crippen molar-refractivity contribution in [3.05, 3.63) is 65.7 Å². The molecule has 1 N–H and O–H groups in total. The molecule has 2 atom stereocenters. The second-order valence-corrected chi connectivity index (χ2v) is 8.35. The molecule has 0 aromatic heterocycles. The topological polar surface area (TPSA) is 50.8 Å². The Morgan fingerprint density at radius 3 is 2.73 bits per heavy atom. The van der Waals surface area contributed by atoms with Crippen LogP contribution in [0.2, 0.25) is 0 Å². The highest BCUT2D eigenvalue weighted by Crippen LogP contribution is 2.38. The molecule has 2 saturated heterocycles. The van der Waals surface area contributed by atoms with Crippen molar-refractivity contribution in [3.63, 3.8) is 0 Å². The smallest absolute Gasteiger partial charge is 0.238 e. The number of nitrogens with zero attached hydrogens (tertiary/aromatic N) is 1. The van der Waals surface area contributed by atoms with Crippen molar-refractivity contribution >= 4 is 11.6 Å². The molecular formula is C25H32N2O3. The van der Waals surface area contributed by atoms with E-state index in [2.05, 4.69) is 35.3 Å². The van der Waals surface area contributed by atoms with Crippen LogP contribution in [0.25, 0.3) is 0 Å². The van der Waals surface area contributed by atoms with Crippen LogP contribution in [0.1, 0.15) is 37.3 Å². The van der Waals surface area contributed by atoms with E-state index in [0.717, 1.165) is 62.2 Å². The summed E-state index contributed by atoms with van der Waals surface area (Å²) < 4.78 is 12.6. The molecule has 0 radical (unpaired) electrons. The van der Waals surface area contributed by atoms with Crippen LogP contribution in [0, 0.1) is 0 Å². The van der Waals surface area contributed by atoms with Crippen molar-refractivity contribution in [2.75, 3.05) is 31.6 Å². The van der Waals surface area contributed by atoms with E-state index < -0.39 is 0 Å². The van der Waals surface area contributed by atoms with Gasteiger partial charge in [-0.25, -0.2) is 0 Å². The Morgan fingerprint density at radius 1 is 1.17 bits per heavy atom. The van der Waals surface area contributed by atoms with Gasteiger partial charge in [-0.1, -0.05) is 55.5 Å². The summed E-state index contributed by atoms with van der Waals surface area (Å²) in [5.74, 6) is 0.0287. The normalized spacial score (nSPS) is 24.2. The number of benzene rings is 2. The van der Waals surface area contributed by atoms with Gasteiger partial charge in [0.15, 0.2) is 0 Å². The number of amides is 1. The van der Waals surface area contributed by atoms with Gasteiger partial charge in [-0.05, 0) is 42.9 Å². The summed E-state index contributed by atoms with van der Waals surface area (Å²) in [5, 5.41) is 3.09. The molecule has 5 heteroatoms. The first kappa shape index (κ1) is 21.0. The van der Waals surface area contributed by atoms with Gasteiger partial charge in [-0.15, -0.1) is 0 Å². The zero-order valence-corrected chi connectivity index (χ0v) is 17.8. The fourth-order valence-electron chi connectivity index (χ4n) is 4.63. The molecule has 2 fully saturated rings. The van der Waals surface area contributed by atoms with E-state index in [1.807, 2.05) is 36.4 Å². The molecule has 0 bridgehead atoms. The number of hydrogen-bond donors (Lipinski definition) is 1. The zero-order valence-electron chi connectivity index (χ0n) is 17.8. The van der Waals surface area contributed by atoms with E-state index in [0.29, 0.717) is 13.2 Å². The molecule has 30 heavy (non-hydrogen) atoms. The second-order valence-electron chi connectivity index (χ2n) is 8.35. The lowest BCUT2D eigenvalue weighted by molar-refractivity contribution is -0.159. The third kappa shape index (κ3) is 4.91. The van der Waals surface area contributed by atoms with Crippen molar-refractivity contribution < 1.29 is 14.3 Å². The number of nitrogens with one attached hydrogen (secondary N) is 1. The molecule has 160 valence electrons. The third-order valence-corrected chi connectivity index (χ3v) is 6.33. The SMILES string of the molecule is CCc1ccccc1NC(=O)CN1CC[C@]2(CCCO2)[C@@H](OCc2ccccc2)C1. The fourth-order valence-corrected chi connectivity index (χ4v) is 4.63. The minimum Gasteiger partial charge on any atom is -0.372 e. The first-order chi connectivity index (χ1) is 14.7. The van der Waals surface area contributed by atoms with Gasteiger partial charge in [0.25, 0.3) is 0 Å². The Kier molecular flexibility index (Phi) is 6.82. The second kappa shape index (κ2) is 9.73. The van der Waals surface area contributed by atoms with Crippen LogP contribution in [0.5, 0.6) is 0 Å². The monoisotopic (exact) mass is 408 g/mol. The van der Waals surface area contributed by atoms with E-state index in [1.54, 1.807) is 0 Å². The van der Waals surface area contributed by atoms with Crippen LogP contribution >= 0.6 is 0 Å². The van der Waals surface area contributed by atoms with E-state index >= 15 is 0 Å². The van der Waals surface area contributed by atoms with E-state index in [1.165, 1.54) is 0 Å². The standard InChI is InChI=1S/C25H32N2O3/c1-2-21-11-6-7-12-22(21)26-24(28)18-27-15-14-25(13-8-16-30-25)23(17-27)29-19-20-9-4-3-5-10-20/h3-7,9-12,23H,2,8,13-19H2,1H3,(H,26,28)/t23-,25+/m0/s1. The lowest BCUT2D eigenvalue weighted by Gasteiger charge is -2.44. The van der Waals surface area contributed by atoms with Gasteiger partial charge >= 0.3 is 0 Å². The van der Waals surface area contributed by atoms with Crippen molar-refractivity contribution in [3.8, 4) is 0 Å². The first-order valence-corrected chi connectivity index (χ1v) is 11.1. The van der Waals surface area contributed by atoms with Crippen LogP contribution in [0.3, 0.4) is 0 Å². The number of anilines is 1. The quantitative estimate of drug-likeness (QED) is 0.752. The van der Waals surface area contributed by atoms with Crippen molar-refractivity contribution in [2.24, 2.45) is 0 Å². The molecule has 2 aliphatic rings. The lowest BCUT2D eigenvalue weighted by Crippen LogP contribution is -2.57. The van der Waals surface area contributed by atoms with Crippen molar-refractivity contribution in [2.45, 2.75) is 50.9 Å². The van der Waals surface area contributed by atoms with Gasteiger partial charge in [0, 0.05) is 25.4 Å². The number of likely N-dealkylation sites (tertiary alicyclic amines) is 1. The number of carbonyl (C=O) groups excluding carboxylic acids is 1. The molecule has 2 heterocycles. The summed E-state index contributed by atoms with van der Waals surface area (Å²) in [6.07, 6.45) is 3.90. The Hall–Kier alpha value is -2.21. The molecular weight excluding hydrogens is 376 g/mol. The Labute approximate surface area is 179 Å². The van der Waals surface area contributed by atoms with Gasteiger partial charge in [-0.2, -0.15) is 0 Å². The van der Waals surface area contributed by atoms with Crippen molar-refractivity contribution in [1.82, 2.24) is 4.90 Å². The molecule has 2 aromatic rings. The van der Waals surface area contributed by atoms with E-state index in [4.69, 9.17) is 9.47 Å². The molecule has 4 rings (SSSR count). The fraction of sp³-hybridized carbons (Fsp3) is 0.480. The zero-order chi connectivity index (χ0) is 20.8. The summed E-state index contributed by atoms with van der Waals surface area (Å²) in [7, 11) is 0. The highest BCUT2D eigenvalue weighted by Gasteiger charge is 2.47. The molecule has 5 nitrogen and oxygen atoms in total. The summed E-state index contributed by atoms with van der Waals surface area (Å²) in [6.45, 7) is 5.43. The Morgan fingerprint density at radius 2 is 1.97 bits per heavy atom. The summed E-state index contributed by atoms with van der Waals surface area (Å²) in [4.78, 5) is 14.9. The lowest BCUT2D eigenvalue weighted by atomic mass is 9.85. The Bertz CT molecular complexity index is 833. The van der Waals surface area contributed by atoms with Gasteiger partial charge < -0.3 is 14.8 Å². The molecule has 2 aliphatic heterocycles. The number of ether oxygens (including phenoxy) is 2. The van der Waals surface area contributed by atoms with Crippen LogP contribution in [0.4, 0.5) is 5.69 Å². The minimum atomic E-state index is -0.198. The number of carbonyl (C=O) groups is 1. The van der Waals surface area contributed by atoms with E-state index in [-0.39, 0.29) is 17.6 Å². The maximum Gasteiger partial charge on any atom is 0.238 e. The van der Waals surface area contributed by atoms with Gasteiger partial charge in [0.2, 0.25) is 5.91 Å². The van der Waals surface area contributed by atoms with E-state index in [9.17, 15) is 4.79 Å².